The molecule has 0 heteroatoms. The van der Waals surface area contributed by atoms with Crippen LogP contribution in [0.25, 0.3) is 0 Å². The molecule has 0 nitrogen and oxygen atoms in total. The maximum Gasteiger partial charge on any atom is -0.00790 e. The van der Waals surface area contributed by atoms with Crippen molar-refractivity contribution in [2.24, 2.45) is 29.1 Å². The molecule has 0 aliphatic heterocycles. The number of hydrogen-bond donors (Lipinski definition) is 0. The van der Waals surface area contributed by atoms with Gasteiger partial charge in [0.2, 0.25) is 0 Å². The molecule has 3 rings (SSSR count). The Kier molecular flexibility index (Phi) is 2.95. The maximum absolute atomic E-state index is 4.57. The van der Waals surface area contributed by atoms with Gasteiger partial charge in [-0.3, -0.25) is 0 Å². The average molecular weight is 244 g/mol. The van der Waals surface area contributed by atoms with E-state index in [0.717, 1.165) is 23.7 Å². The molecule has 0 amide bonds. The van der Waals surface area contributed by atoms with Gasteiger partial charge in [0.15, 0.2) is 0 Å². The molecule has 100 valence electrons. The molecule has 0 aromatic heterocycles. The Hall–Kier alpha value is -0.520. The van der Waals surface area contributed by atoms with Gasteiger partial charge in [-0.2, -0.15) is 0 Å². The summed E-state index contributed by atoms with van der Waals surface area (Å²) in [7, 11) is 0. The molecule has 3 saturated carbocycles. The largest absolute Gasteiger partial charge is 0.0999 e. The lowest BCUT2D eigenvalue weighted by Crippen LogP contribution is -2.26. The molecule has 18 heavy (non-hydrogen) atoms. The second-order valence-corrected chi connectivity index (χ2v) is 7.55. The Morgan fingerprint density at radius 2 is 1.61 bits per heavy atom. The summed E-state index contributed by atoms with van der Waals surface area (Å²) in [5.74, 6) is 3.63. The predicted octanol–water partition coefficient (Wildman–Crippen LogP) is 5.36. The molecule has 4 unspecified atom stereocenters. The van der Waals surface area contributed by atoms with Crippen LogP contribution >= 0.6 is 0 Å². The van der Waals surface area contributed by atoms with Crippen molar-refractivity contribution in [3.8, 4) is 0 Å². The highest BCUT2D eigenvalue weighted by Crippen LogP contribution is 2.61. The molecule has 1 spiro atoms. The van der Waals surface area contributed by atoms with Crippen molar-refractivity contribution in [3.63, 3.8) is 0 Å². The fourth-order valence-electron chi connectivity index (χ4n) is 4.99. The van der Waals surface area contributed by atoms with Gasteiger partial charge in [-0.15, -0.1) is 0 Å². The molecular weight excluding hydrogens is 216 g/mol. The first-order valence-electron chi connectivity index (χ1n) is 7.88. The Morgan fingerprint density at radius 1 is 1.00 bits per heavy atom. The zero-order valence-electron chi connectivity index (χ0n) is 12.2. The SMILES string of the molecule is C=C1CCC2(CC1)CC1CC(C)C(C)CC1C2=C. The van der Waals surface area contributed by atoms with Crippen LogP contribution in [0, 0.1) is 29.1 Å². The van der Waals surface area contributed by atoms with Gasteiger partial charge in [0.05, 0.1) is 0 Å². The van der Waals surface area contributed by atoms with E-state index >= 15 is 0 Å². The van der Waals surface area contributed by atoms with E-state index in [1.807, 2.05) is 0 Å². The Labute approximate surface area is 113 Å². The van der Waals surface area contributed by atoms with Crippen molar-refractivity contribution >= 4 is 0 Å². The summed E-state index contributed by atoms with van der Waals surface area (Å²) >= 11 is 0. The van der Waals surface area contributed by atoms with E-state index in [0.29, 0.717) is 5.41 Å². The zero-order chi connectivity index (χ0) is 12.9. The second kappa shape index (κ2) is 4.25. The van der Waals surface area contributed by atoms with Crippen molar-refractivity contribution < 1.29 is 0 Å². The first-order chi connectivity index (χ1) is 8.52. The van der Waals surface area contributed by atoms with E-state index in [9.17, 15) is 0 Å². The average Bonchev–Trinajstić information content (AvgIpc) is 2.59. The molecular formula is C18H28. The molecule has 3 aliphatic carbocycles. The highest BCUT2D eigenvalue weighted by atomic mass is 14.6. The van der Waals surface area contributed by atoms with Crippen LogP contribution in [0.2, 0.25) is 0 Å². The number of fused-ring (bicyclic) bond motifs is 1. The van der Waals surface area contributed by atoms with Crippen LogP contribution in [-0.4, -0.2) is 0 Å². The number of allylic oxidation sites excluding steroid dienone is 2. The van der Waals surface area contributed by atoms with E-state index < -0.39 is 0 Å². The molecule has 0 aromatic rings. The molecule has 0 heterocycles. The monoisotopic (exact) mass is 244 g/mol. The zero-order valence-corrected chi connectivity index (χ0v) is 12.2. The minimum atomic E-state index is 0.514. The van der Waals surface area contributed by atoms with Gasteiger partial charge in [-0.05, 0) is 74.0 Å². The fraction of sp³-hybridized carbons (Fsp3) is 0.778. The first-order valence-corrected chi connectivity index (χ1v) is 7.88. The highest BCUT2D eigenvalue weighted by molar-refractivity contribution is 5.25. The van der Waals surface area contributed by atoms with E-state index in [2.05, 4.69) is 27.0 Å². The van der Waals surface area contributed by atoms with Crippen molar-refractivity contribution in [2.45, 2.75) is 58.8 Å². The van der Waals surface area contributed by atoms with Crippen LogP contribution in [0.4, 0.5) is 0 Å². The lowest BCUT2D eigenvalue weighted by Gasteiger charge is -2.37. The van der Waals surface area contributed by atoms with E-state index in [1.165, 1.54) is 50.5 Å². The normalized spacial score (nSPS) is 43.2. The Morgan fingerprint density at radius 3 is 2.28 bits per heavy atom. The van der Waals surface area contributed by atoms with Gasteiger partial charge in [0, 0.05) is 0 Å². The molecule has 3 aliphatic rings. The van der Waals surface area contributed by atoms with Crippen molar-refractivity contribution in [2.75, 3.05) is 0 Å². The first kappa shape index (κ1) is 12.5. The molecule has 0 N–H and O–H groups in total. The van der Waals surface area contributed by atoms with Gasteiger partial charge in [-0.1, -0.05) is 38.2 Å². The third-order valence-electron chi connectivity index (χ3n) is 6.54. The topological polar surface area (TPSA) is 0 Å². The molecule has 0 radical (unpaired) electrons. The van der Waals surface area contributed by atoms with Crippen LogP contribution in [0.1, 0.15) is 58.8 Å². The minimum absolute atomic E-state index is 0.514. The van der Waals surface area contributed by atoms with Crippen LogP contribution in [0.5, 0.6) is 0 Å². The smallest absolute Gasteiger partial charge is 0.00790 e. The van der Waals surface area contributed by atoms with Crippen molar-refractivity contribution in [3.05, 3.63) is 24.3 Å². The summed E-state index contributed by atoms with van der Waals surface area (Å²) in [6.07, 6.45) is 9.51. The summed E-state index contributed by atoms with van der Waals surface area (Å²) in [5.41, 5.74) is 3.63. The Balaban J connectivity index is 1.80. The van der Waals surface area contributed by atoms with Crippen molar-refractivity contribution in [1.82, 2.24) is 0 Å². The molecule has 0 saturated heterocycles. The van der Waals surface area contributed by atoms with E-state index in [-0.39, 0.29) is 0 Å². The summed E-state index contributed by atoms with van der Waals surface area (Å²) in [5, 5.41) is 0. The summed E-state index contributed by atoms with van der Waals surface area (Å²) in [6, 6.07) is 0. The predicted molar refractivity (Wildman–Crippen MR) is 78.3 cm³/mol. The number of rotatable bonds is 0. The summed E-state index contributed by atoms with van der Waals surface area (Å²) in [6.45, 7) is 13.7. The summed E-state index contributed by atoms with van der Waals surface area (Å²) < 4.78 is 0. The second-order valence-electron chi connectivity index (χ2n) is 7.55. The highest BCUT2D eigenvalue weighted by Gasteiger charge is 2.50. The minimum Gasteiger partial charge on any atom is -0.0999 e. The Bertz CT molecular complexity index is 365. The fourth-order valence-corrected chi connectivity index (χ4v) is 4.99. The van der Waals surface area contributed by atoms with Gasteiger partial charge in [0.25, 0.3) is 0 Å². The van der Waals surface area contributed by atoms with E-state index in [4.69, 9.17) is 0 Å². The van der Waals surface area contributed by atoms with Crippen LogP contribution in [0.15, 0.2) is 24.3 Å². The lowest BCUT2D eigenvalue weighted by atomic mass is 9.68. The van der Waals surface area contributed by atoms with Gasteiger partial charge in [0.1, 0.15) is 0 Å². The van der Waals surface area contributed by atoms with Crippen LogP contribution < -0.4 is 0 Å². The van der Waals surface area contributed by atoms with Gasteiger partial charge >= 0.3 is 0 Å². The van der Waals surface area contributed by atoms with Crippen LogP contribution in [0.3, 0.4) is 0 Å². The van der Waals surface area contributed by atoms with Crippen molar-refractivity contribution in [1.29, 1.82) is 0 Å². The van der Waals surface area contributed by atoms with Gasteiger partial charge < -0.3 is 0 Å². The standard InChI is InChI=1S/C18H28/c1-12-5-7-18(8-6-12)11-16-9-13(2)14(3)10-17(16)15(18)4/h13-14,16-17H,1,4-11H2,2-3H3. The quantitative estimate of drug-likeness (QED) is 0.503. The molecule has 4 atom stereocenters. The lowest BCUT2D eigenvalue weighted by molar-refractivity contribution is 0.164. The third-order valence-corrected chi connectivity index (χ3v) is 6.54. The van der Waals surface area contributed by atoms with Gasteiger partial charge in [-0.25, -0.2) is 0 Å². The molecule has 3 fully saturated rings. The maximum atomic E-state index is 4.57. The van der Waals surface area contributed by atoms with Crippen LogP contribution in [-0.2, 0) is 0 Å². The van der Waals surface area contributed by atoms with E-state index in [1.54, 1.807) is 5.57 Å². The summed E-state index contributed by atoms with van der Waals surface area (Å²) in [4.78, 5) is 0. The molecule has 0 aromatic carbocycles. The number of hydrogen-bond acceptors (Lipinski definition) is 0. The molecule has 0 bridgehead atoms. The third kappa shape index (κ3) is 1.80.